The monoisotopic (exact) mass is 280 g/mol. The van der Waals surface area contributed by atoms with Gasteiger partial charge in [0.15, 0.2) is 0 Å². The number of phenolic OH excluding ortho intramolecular Hbond substituents is 1. The van der Waals surface area contributed by atoms with Crippen LogP contribution in [-0.2, 0) is 4.79 Å². The molecule has 4 nitrogen and oxygen atoms in total. The van der Waals surface area contributed by atoms with Crippen molar-refractivity contribution in [2.24, 2.45) is 5.73 Å². The number of aromatic hydroxyl groups is 1. The number of amides is 1. The number of carbonyl (C=O) groups excluding carboxylic acids is 1. The maximum Gasteiger partial charge on any atom is 0.229 e. The highest BCUT2D eigenvalue weighted by molar-refractivity contribution is 5.94. The molecule has 0 aliphatic rings. The highest BCUT2D eigenvalue weighted by Crippen LogP contribution is 2.35. The number of hydrogen-bond acceptors (Lipinski definition) is 2. The molecule has 4 heteroatoms. The van der Waals surface area contributed by atoms with E-state index in [1.165, 1.54) is 0 Å². The van der Waals surface area contributed by atoms with E-state index in [4.69, 9.17) is 5.73 Å². The Morgan fingerprint density at radius 3 is 2.67 bits per heavy atom. The maximum absolute atomic E-state index is 12.0. The van der Waals surface area contributed by atoms with E-state index in [1.807, 2.05) is 37.3 Å². The van der Waals surface area contributed by atoms with Crippen molar-refractivity contribution in [2.75, 3.05) is 0 Å². The van der Waals surface area contributed by atoms with Crippen molar-refractivity contribution in [3.05, 3.63) is 65.4 Å². The number of nitrogens with one attached hydrogen (secondary N) is 1. The van der Waals surface area contributed by atoms with Crippen LogP contribution in [0.1, 0.15) is 22.6 Å². The van der Waals surface area contributed by atoms with Gasteiger partial charge in [-0.15, -0.1) is 0 Å². The Bertz CT molecular complexity index is 821. The van der Waals surface area contributed by atoms with Crippen molar-refractivity contribution in [3.8, 4) is 5.75 Å². The molecule has 0 aliphatic heterocycles. The maximum atomic E-state index is 12.0. The molecule has 1 unspecified atom stereocenters. The lowest BCUT2D eigenvalue weighted by Gasteiger charge is -2.15. The fourth-order valence-electron chi connectivity index (χ4n) is 2.70. The van der Waals surface area contributed by atoms with E-state index in [0.717, 1.165) is 22.0 Å². The number of aromatic amines is 1. The van der Waals surface area contributed by atoms with E-state index >= 15 is 0 Å². The minimum absolute atomic E-state index is 0.0871. The molecule has 0 bridgehead atoms. The molecule has 0 fully saturated rings. The zero-order valence-corrected chi connectivity index (χ0v) is 11.6. The molecule has 1 heterocycles. The molecular weight excluding hydrogens is 264 g/mol. The summed E-state index contributed by atoms with van der Waals surface area (Å²) < 4.78 is 0. The van der Waals surface area contributed by atoms with Gasteiger partial charge in [-0.2, -0.15) is 0 Å². The topological polar surface area (TPSA) is 79.1 Å². The molecule has 0 radical (unpaired) electrons. The van der Waals surface area contributed by atoms with Gasteiger partial charge in [0.1, 0.15) is 5.75 Å². The number of fused-ring (bicyclic) bond motifs is 1. The Labute approximate surface area is 122 Å². The Balaban J connectivity index is 2.21. The standard InChI is InChI=1S/C17H16N2O2/c1-10-6-7-12(15(20)8-10)16(17(18)21)13-9-19-14-5-3-2-4-11(13)14/h2-9,16,19-20H,1H3,(H2,18,21). The van der Waals surface area contributed by atoms with Gasteiger partial charge in [0.05, 0.1) is 5.92 Å². The number of hydrogen-bond donors (Lipinski definition) is 3. The van der Waals surface area contributed by atoms with E-state index in [1.54, 1.807) is 18.3 Å². The average molecular weight is 280 g/mol. The lowest BCUT2D eigenvalue weighted by Crippen LogP contribution is -2.22. The SMILES string of the molecule is Cc1ccc(C(C(N)=O)c2c[nH]c3ccccc23)c(O)c1. The van der Waals surface area contributed by atoms with Gasteiger partial charge in [-0.05, 0) is 30.2 Å². The molecular formula is C17H16N2O2. The van der Waals surface area contributed by atoms with Crippen molar-refractivity contribution in [3.63, 3.8) is 0 Å². The fourth-order valence-corrected chi connectivity index (χ4v) is 2.70. The molecule has 106 valence electrons. The van der Waals surface area contributed by atoms with Crippen molar-refractivity contribution in [1.82, 2.24) is 4.98 Å². The summed E-state index contributed by atoms with van der Waals surface area (Å²) in [4.78, 5) is 15.1. The molecule has 2 aromatic carbocycles. The van der Waals surface area contributed by atoms with Crippen molar-refractivity contribution >= 4 is 16.8 Å². The minimum atomic E-state index is -0.679. The number of para-hydroxylation sites is 1. The molecule has 0 saturated carbocycles. The molecule has 1 atom stereocenters. The first-order valence-corrected chi connectivity index (χ1v) is 6.73. The Hall–Kier alpha value is -2.75. The second-order valence-electron chi connectivity index (χ2n) is 5.19. The van der Waals surface area contributed by atoms with Crippen LogP contribution >= 0.6 is 0 Å². The smallest absolute Gasteiger partial charge is 0.229 e. The highest BCUT2D eigenvalue weighted by atomic mass is 16.3. The number of rotatable bonds is 3. The zero-order chi connectivity index (χ0) is 15.0. The third kappa shape index (κ3) is 2.25. The van der Waals surface area contributed by atoms with Crippen molar-refractivity contribution in [1.29, 1.82) is 0 Å². The summed E-state index contributed by atoms with van der Waals surface area (Å²) in [6.45, 7) is 1.88. The van der Waals surface area contributed by atoms with Crippen LogP contribution in [0.5, 0.6) is 5.75 Å². The predicted octanol–water partition coefficient (Wildman–Crippen LogP) is 2.80. The number of nitrogens with two attached hydrogens (primary N) is 1. The van der Waals surface area contributed by atoms with Gasteiger partial charge in [0.2, 0.25) is 5.91 Å². The van der Waals surface area contributed by atoms with Crippen molar-refractivity contribution < 1.29 is 9.90 Å². The minimum Gasteiger partial charge on any atom is -0.508 e. The Kier molecular flexibility index (Phi) is 3.14. The van der Waals surface area contributed by atoms with Gasteiger partial charge < -0.3 is 15.8 Å². The lowest BCUT2D eigenvalue weighted by molar-refractivity contribution is -0.118. The summed E-state index contributed by atoms with van der Waals surface area (Å²) in [5, 5.41) is 11.1. The highest BCUT2D eigenvalue weighted by Gasteiger charge is 2.25. The van der Waals surface area contributed by atoms with Crippen LogP contribution in [0.15, 0.2) is 48.7 Å². The van der Waals surface area contributed by atoms with E-state index in [2.05, 4.69) is 4.98 Å². The molecule has 4 N–H and O–H groups in total. The Morgan fingerprint density at radius 2 is 1.95 bits per heavy atom. The number of carbonyl (C=O) groups is 1. The van der Waals surface area contributed by atoms with E-state index in [-0.39, 0.29) is 5.75 Å². The van der Waals surface area contributed by atoms with Gasteiger partial charge in [-0.1, -0.05) is 30.3 Å². The first-order chi connectivity index (χ1) is 10.1. The number of primary amides is 1. The van der Waals surface area contributed by atoms with E-state index < -0.39 is 11.8 Å². The summed E-state index contributed by atoms with van der Waals surface area (Å²) in [6, 6.07) is 13.0. The number of H-pyrrole nitrogens is 1. The van der Waals surface area contributed by atoms with Gasteiger partial charge >= 0.3 is 0 Å². The molecule has 3 rings (SSSR count). The molecule has 0 spiro atoms. The van der Waals surface area contributed by atoms with Gasteiger partial charge in [0, 0.05) is 22.7 Å². The molecule has 3 aromatic rings. The molecule has 0 saturated heterocycles. The molecule has 1 aromatic heterocycles. The summed E-state index contributed by atoms with van der Waals surface area (Å²) in [5.74, 6) is -1.08. The fraction of sp³-hybridized carbons (Fsp3) is 0.118. The molecule has 21 heavy (non-hydrogen) atoms. The van der Waals surface area contributed by atoms with Gasteiger partial charge in [-0.25, -0.2) is 0 Å². The second kappa shape index (κ2) is 4.98. The quantitative estimate of drug-likeness (QED) is 0.689. The van der Waals surface area contributed by atoms with Crippen LogP contribution in [0.3, 0.4) is 0 Å². The third-order valence-corrected chi connectivity index (χ3v) is 3.71. The first kappa shape index (κ1) is 13.2. The number of aromatic nitrogens is 1. The number of aryl methyl sites for hydroxylation is 1. The van der Waals surface area contributed by atoms with Crippen LogP contribution in [0.4, 0.5) is 0 Å². The van der Waals surface area contributed by atoms with Gasteiger partial charge in [-0.3, -0.25) is 4.79 Å². The van der Waals surface area contributed by atoms with E-state index in [0.29, 0.717) is 5.56 Å². The second-order valence-corrected chi connectivity index (χ2v) is 5.19. The van der Waals surface area contributed by atoms with Gasteiger partial charge in [0.25, 0.3) is 0 Å². The summed E-state index contributed by atoms with van der Waals surface area (Å²) in [7, 11) is 0. The summed E-state index contributed by atoms with van der Waals surface area (Å²) >= 11 is 0. The van der Waals surface area contributed by atoms with Crippen LogP contribution in [0.2, 0.25) is 0 Å². The van der Waals surface area contributed by atoms with Crippen LogP contribution in [-0.4, -0.2) is 16.0 Å². The van der Waals surface area contributed by atoms with Crippen LogP contribution in [0.25, 0.3) is 10.9 Å². The number of benzene rings is 2. The van der Waals surface area contributed by atoms with Crippen LogP contribution < -0.4 is 5.73 Å². The van der Waals surface area contributed by atoms with E-state index in [9.17, 15) is 9.90 Å². The largest absolute Gasteiger partial charge is 0.508 e. The Morgan fingerprint density at radius 1 is 1.19 bits per heavy atom. The summed E-state index contributed by atoms with van der Waals surface area (Å²) in [6.07, 6.45) is 1.78. The molecule has 0 aliphatic carbocycles. The summed E-state index contributed by atoms with van der Waals surface area (Å²) in [5.41, 5.74) is 8.76. The normalized spacial score (nSPS) is 12.4. The lowest BCUT2D eigenvalue weighted by atomic mass is 9.89. The zero-order valence-electron chi connectivity index (χ0n) is 11.6. The number of phenols is 1. The average Bonchev–Trinajstić information content (AvgIpc) is 2.85. The molecule has 1 amide bonds. The third-order valence-electron chi connectivity index (χ3n) is 3.71. The predicted molar refractivity (Wildman–Crippen MR) is 82.2 cm³/mol. The van der Waals surface area contributed by atoms with Crippen molar-refractivity contribution in [2.45, 2.75) is 12.8 Å². The first-order valence-electron chi connectivity index (χ1n) is 6.73. The van der Waals surface area contributed by atoms with Crippen LogP contribution in [0, 0.1) is 6.92 Å².